The second kappa shape index (κ2) is 8.18. The Morgan fingerprint density at radius 1 is 0.367 bits per heavy atom. The van der Waals surface area contributed by atoms with E-state index >= 15 is 0 Å². The number of hydrogen-bond donors (Lipinski definition) is 0. The van der Waals surface area contributed by atoms with Crippen LogP contribution in [0.1, 0.15) is 0 Å². The first kappa shape index (κ1) is 18.1. The van der Waals surface area contributed by atoms with Gasteiger partial charge in [-0.25, -0.2) is 0 Å². The first-order valence-corrected chi connectivity index (χ1v) is 10.1. The standard InChI is InChI=1S/C29H21N/c1-4-10-22(11-5-1)26-20-27(23-12-6-2-7-13-23)29(25-16-18-30-19-17-25)28(21-26)24-14-8-3-9-15-24/h1-21H. The van der Waals surface area contributed by atoms with Gasteiger partial charge in [-0.05, 0) is 68.8 Å². The average Bonchev–Trinajstić information content (AvgIpc) is 2.85. The Bertz CT molecular complexity index is 1180. The maximum Gasteiger partial charge on any atom is 0.0273 e. The first-order valence-electron chi connectivity index (χ1n) is 10.1. The summed E-state index contributed by atoms with van der Waals surface area (Å²) >= 11 is 0. The second-order valence-corrected chi connectivity index (χ2v) is 7.28. The van der Waals surface area contributed by atoms with Gasteiger partial charge in [-0.1, -0.05) is 91.0 Å². The van der Waals surface area contributed by atoms with Crippen LogP contribution in [-0.4, -0.2) is 4.98 Å². The summed E-state index contributed by atoms with van der Waals surface area (Å²) in [6.07, 6.45) is 3.73. The minimum Gasteiger partial charge on any atom is -0.265 e. The highest BCUT2D eigenvalue weighted by molar-refractivity contribution is 5.97. The predicted molar refractivity (Wildman–Crippen MR) is 126 cm³/mol. The van der Waals surface area contributed by atoms with Crippen molar-refractivity contribution in [3.63, 3.8) is 0 Å². The van der Waals surface area contributed by atoms with E-state index in [9.17, 15) is 0 Å². The van der Waals surface area contributed by atoms with Crippen LogP contribution in [0.3, 0.4) is 0 Å². The van der Waals surface area contributed by atoms with E-state index in [1.165, 1.54) is 44.5 Å². The van der Waals surface area contributed by atoms with E-state index in [1.54, 1.807) is 0 Å². The van der Waals surface area contributed by atoms with E-state index < -0.39 is 0 Å². The summed E-state index contributed by atoms with van der Waals surface area (Å²) in [5.74, 6) is 0. The Balaban J connectivity index is 1.88. The SMILES string of the molecule is c1ccc(-c2cc(-c3ccccc3)c(-c3ccncc3)c(-c3ccccc3)c2)cc1. The van der Waals surface area contributed by atoms with Crippen LogP contribution in [0, 0.1) is 0 Å². The Morgan fingerprint density at radius 3 is 1.27 bits per heavy atom. The van der Waals surface area contributed by atoms with E-state index in [0.717, 1.165) is 0 Å². The highest BCUT2D eigenvalue weighted by Crippen LogP contribution is 2.42. The van der Waals surface area contributed by atoms with Gasteiger partial charge in [0.15, 0.2) is 0 Å². The normalized spacial score (nSPS) is 10.7. The predicted octanol–water partition coefficient (Wildman–Crippen LogP) is 7.75. The zero-order chi connectivity index (χ0) is 20.2. The highest BCUT2D eigenvalue weighted by atomic mass is 14.6. The van der Waals surface area contributed by atoms with Crippen LogP contribution in [0.4, 0.5) is 0 Å². The number of aromatic nitrogens is 1. The van der Waals surface area contributed by atoms with Gasteiger partial charge in [0.1, 0.15) is 0 Å². The molecule has 0 bridgehead atoms. The Morgan fingerprint density at radius 2 is 0.800 bits per heavy atom. The molecule has 0 spiro atoms. The fourth-order valence-electron chi connectivity index (χ4n) is 3.96. The molecule has 5 rings (SSSR count). The molecule has 1 heterocycles. The second-order valence-electron chi connectivity index (χ2n) is 7.28. The lowest BCUT2D eigenvalue weighted by Gasteiger charge is -2.19. The average molecular weight is 383 g/mol. The van der Waals surface area contributed by atoms with Crippen LogP contribution in [0.15, 0.2) is 128 Å². The number of benzene rings is 4. The van der Waals surface area contributed by atoms with Crippen molar-refractivity contribution in [3.8, 4) is 44.5 Å². The quantitative estimate of drug-likeness (QED) is 0.309. The van der Waals surface area contributed by atoms with Crippen LogP contribution < -0.4 is 0 Å². The van der Waals surface area contributed by atoms with Gasteiger partial charge in [0.05, 0.1) is 0 Å². The lowest BCUT2D eigenvalue weighted by molar-refractivity contribution is 1.33. The maximum absolute atomic E-state index is 4.24. The molecule has 0 radical (unpaired) electrons. The molecular weight excluding hydrogens is 362 g/mol. The molecule has 30 heavy (non-hydrogen) atoms. The number of hydrogen-bond acceptors (Lipinski definition) is 1. The van der Waals surface area contributed by atoms with E-state index in [4.69, 9.17) is 0 Å². The molecule has 0 amide bonds. The van der Waals surface area contributed by atoms with Crippen molar-refractivity contribution in [1.82, 2.24) is 4.98 Å². The van der Waals surface area contributed by atoms with Crippen molar-refractivity contribution in [2.75, 3.05) is 0 Å². The molecule has 0 N–H and O–H groups in total. The third kappa shape index (κ3) is 3.54. The van der Waals surface area contributed by atoms with Gasteiger partial charge < -0.3 is 0 Å². The molecule has 4 aromatic carbocycles. The van der Waals surface area contributed by atoms with Crippen LogP contribution in [0.2, 0.25) is 0 Å². The van der Waals surface area contributed by atoms with Crippen LogP contribution in [0.5, 0.6) is 0 Å². The molecule has 0 aliphatic rings. The summed E-state index contributed by atoms with van der Waals surface area (Å²) in [6, 6.07) is 40.7. The molecule has 1 aromatic heterocycles. The summed E-state index contributed by atoms with van der Waals surface area (Å²) in [6.45, 7) is 0. The molecule has 0 aliphatic heterocycles. The molecule has 0 aliphatic carbocycles. The lowest BCUT2D eigenvalue weighted by atomic mass is 9.85. The first-order chi connectivity index (χ1) is 14.9. The molecule has 0 unspecified atom stereocenters. The molecule has 0 saturated carbocycles. The number of pyridine rings is 1. The van der Waals surface area contributed by atoms with Crippen LogP contribution >= 0.6 is 0 Å². The van der Waals surface area contributed by atoms with Crippen molar-refractivity contribution in [3.05, 3.63) is 128 Å². The lowest BCUT2D eigenvalue weighted by Crippen LogP contribution is -1.93. The van der Waals surface area contributed by atoms with E-state index in [1.807, 2.05) is 12.4 Å². The molecule has 0 atom stereocenters. The Labute approximate surface area is 177 Å². The van der Waals surface area contributed by atoms with Crippen LogP contribution in [0.25, 0.3) is 44.5 Å². The number of rotatable bonds is 4. The van der Waals surface area contributed by atoms with Gasteiger partial charge >= 0.3 is 0 Å². The summed E-state index contributed by atoms with van der Waals surface area (Å²) in [4.78, 5) is 4.24. The largest absolute Gasteiger partial charge is 0.265 e. The van der Waals surface area contributed by atoms with Gasteiger partial charge in [-0.15, -0.1) is 0 Å². The molecular formula is C29H21N. The van der Waals surface area contributed by atoms with E-state index in [-0.39, 0.29) is 0 Å². The topological polar surface area (TPSA) is 12.9 Å². The molecule has 142 valence electrons. The fraction of sp³-hybridized carbons (Fsp3) is 0. The highest BCUT2D eigenvalue weighted by Gasteiger charge is 2.16. The van der Waals surface area contributed by atoms with Gasteiger partial charge in [-0.3, -0.25) is 4.98 Å². The third-order valence-electron chi connectivity index (χ3n) is 5.38. The zero-order valence-electron chi connectivity index (χ0n) is 16.6. The van der Waals surface area contributed by atoms with Gasteiger partial charge in [0.25, 0.3) is 0 Å². The Hall–Kier alpha value is -3.97. The molecule has 5 aromatic rings. The fourth-order valence-corrected chi connectivity index (χ4v) is 3.96. The molecule has 0 fully saturated rings. The van der Waals surface area contributed by atoms with Crippen molar-refractivity contribution < 1.29 is 0 Å². The molecule has 1 heteroatoms. The van der Waals surface area contributed by atoms with Crippen molar-refractivity contribution >= 4 is 0 Å². The summed E-state index contributed by atoms with van der Waals surface area (Å²) in [5, 5.41) is 0. The summed E-state index contributed by atoms with van der Waals surface area (Å²) in [5.41, 5.74) is 9.69. The minimum atomic E-state index is 1.17. The summed E-state index contributed by atoms with van der Waals surface area (Å²) < 4.78 is 0. The molecule has 0 saturated heterocycles. The van der Waals surface area contributed by atoms with Crippen molar-refractivity contribution in [2.24, 2.45) is 0 Å². The van der Waals surface area contributed by atoms with Crippen LogP contribution in [-0.2, 0) is 0 Å². The minimum absolute atomic E-state index is 1.17. The monoisotopic (exact) mass is 383 g/mol. The summed E-state index contributed by atoms with van der Waals surface area (Å²) in [7, 11) is 0. The zero-order valence-corrected chi connectivity index (χ0v) is 16.6. The van der Waals surface area contributed by atoms with E-state index in [2.05, 4.69) is 120 Å². The Kier molecular flexibility index (Phi) is 4.93. The number of nitrogens with zero attached hydrogens (tertiary/aromatic N) is 1. The smallest absolute Gasteiger partial charge is 0.0273 e. The van der Waals surface area contributed by atoms with Crippen molar-refractivity contribution in [1.29, 1.82) is 0 Å². The van der Waals surface area contributed by atoms with Gasteiger partial charge in [0.2, 0.25) is 0 Å². The van der Waals surface area contributed by atoms with Gasteiger partial charge in [-0.2, -0.15) is 0 Å². The van der Waals surface area contributed by atoms with Gasteiger partial charge in [0, 0.05) is 12.4 Å². The van der Waals surface area contributed by atoms with Crippen molar-refractivity contribution in [2.45, 2.75) is 0 Å². The van der Waals surface area contributed by atoms with E-state index in [0.29, 0.717) is 0 Å². The molecule has 1 nitrogen and oxygen atoms in total. The third-order valence-corrected chi connectivity index (χ3v) is 5.38. The maximum atomic E-state index is 4.24.